The lowest BCUT2D eigenvalue weighted by molar-refractivity contribution is 0.0580. The predicted octanol–water partition coefficient (Wildman–Crippen LogP) is 7.38. The fraction of sp³-hybridized carbons (Fsp3) is 0.486. The third-order valence-electron chi connectivity index (χ3n) is 8.38. The van der Waals surface area contributed by atoms with Gasteiger partial charge in [0.15, 0.2) is 29.0 Å². The van der Waals surface area contributed by atoms with Crippen LogP contribution in [-0.4, -0.2) is 57.4 Å². The molecule has 2 heterocycles. The fourth-order valence-electron chi connectivity index (χ4n) is 6.12. The summed E-state index contributed by atoms with van der Waals surface area (Å²) in [5.74, 6) is 1.34. The smallest absolute Gasteiger partial charge is 0.185 e. The molecule has 0 amide bonds. The van der Waals surface area contributed by atoms with Crippen LogP contribution in [0.25, 0.3) is 5.57 Å². The lowest BCUT2D eigenvalue weighted by atomic mass is 9.95. The van der Waals surface area contributed by atoms with E-state index in [0.717, 1.165) is 79.3 Å². The molecule has 0 bridgehead atoms. The average molecular weight is 594 g/mol. The summed E-state index contributed by atoms with van der Waals surface area (Å²) in [7, 11) is 3.37. The summed E-state index contributed by atoms with van der Waals surface area (Å²) >= 11 is 0. The van der Waals surface area contributed by atoms with Crippen molar-refractivity contribution >= 4 is 11.3 Å². The second-order valence-electron chi connectivity index (χ2n) is 11.9. The van der Waals surface area contributed by atoms with Crippen molar-refractivity contribution in [3.63, 3.8) is 0 Å². The maximum absolute atomic E-state index is 14.5. The highest BCUT2D eigenvalue weighted by Crippen LogP contribution is 2.48. The average Bonchev–Trinajstić information content (AvgIpc) is 3.86. The maximum atomic E-state index is 14.5. The van der Waals surface area contributed by atoms with Crippen LogP contribution in [0, 0.1) is 11.6 Å². The second-order valence-corrected chi connectivity index (χ2v) is 11.9. The van der Waals surface area contributed by atoms with Crippen molar-refractivity contribution in [1.82, 2.24) is 10.2 Å². The number of nitrogens with one attached hydrogen (secondary N) is 1. The minimum Gasteiger partial charge on any atom is -0.493 e. The number of halogens is 2. The third-order valence-corrected chi connectivity index (χ3v) is 8.38. The van der Waals surface area contributed by atoms with Crippen LogP contribution in [0.15, 0.2) is 60.1 Å². The fourth-order valence-corrected chi connectivity index (χ4v) is 6.12. The first-order chi connectivity index (χ1) is 20.8. The molecule has 2 aromatic carbocycles. The van der Waals surface area contributed by atoms with Gasteiger partial charge in [-0.2, -0.15) is 0 Å². The van der Waals surface area contributed by atoms with Gasteiger partial charge in [0.2, 0.25) is 0 Å². The molecule has 6 nitrogen and oxygen atoms in total. The summed E-state index contributed by atoms with van der Waals surface area (Å²) in [5.41, 5.74) is 5.21. The van der Waals surface area contributed by atoms with Gasteiger partial charge in [-0.3, -0.25) is 0 Å². The van der Waals surface area contributed by atoms with Crippen LogP contribution >= 0.6 is 0 Å². The van der Waals surface area contributed by atoms with E-state index in [1.54, 1.807) is 20.3 Å². The molecule has 43 heavy (non-hydrogen) atoms. The Labute approximate surface area is 255 Å². The van der Waals surface area contributed by atoms with Crippen molar-refractivity contribution in [2.75, 3.05) is 45.3 Å². The number of hydrogen-bond acceptors (Lipinski definition) is 6. The van der Waals surface area contributed by atoms with E-state index in [1.165, 1.54) is 17.7 Å². The van der Waals surface area contributed by atoms with Crippen LogP contribution in [-0.2, 0) is 4.74 Å². The first-order valence-electron chi connectivity index (χ1n) is 15.5. The summed E-state index contributed by atoms with van der Waals surface area (Å²) in [6, 6.07) is 8.67. The van der Waals surface area contributed by atoms with Gasteiger partial charge >= 0.3 is 0 Å². The number of anilines is 1. The molecule has 2 fully saturated rings. The molecular formula is C35H45F2N3O3. The highest BCUT2D eigenvalue weighted by Gasteiger charge is 2.31. The van der Waals surface area contributed by atoms with Crippen LogP contribution in [0.1, 0.15) is 69.9 Å². The third kappa shape index (κ3) is 7.28. The van der Waals surface area contributed by atoms with Gasteiger partial charge < -0.3 is 29.3 Å². The van der Waals surface area contributed by atoms with Gasteiger partial charge in [0, 0.05) is 55.7 Å². The summed E-state index contributed by atoms with van der Waals surface area (Å²) in [6.07, 6.45) is 11.5. The van der Waals surface area contributed by atoms with Crippen molar-refractivity contribution in [3.05, 3.63) is 82.9 Å². The normalized spacial score (nSPS) is 17.8. The Hall–Kier alpha value is -3.68. The van der Waals surface area contributed by atoms with E-state index < -0.39 is 11.6 Å². The van der Waals surface area contributed by atoms with E-state index in [9.17, 15) is 8.78 Å². The molecule has 2 aromatic rings. The van der Waals surface area contributed by atoms with E-state index in [0.29, 0.717) is 24.7 Å². The first-order valence-corrected chi connectivity index (χ1v) is 15.5. The SMILES string of the molecule is CCC=C(OC(C)C)N1CCC(N(CC2=CNCC(c3cc(OC)c(OC)c(C4CC4)c3)=C2)c2ccc(F)c(F)c2)CC1. The van der Waals surface area contributed by atoms with Crippen LogP contribution in [0.3, 0.4) is 0 Å². The number of nitrogens with zero attached hydrogens (tertiary/aromatic N) is 2. The quantitative estimate of drug-likeness (QED) is 0.259. The number of piperidine rings is 1. The first kappa shape index (κ1) is 30.8. The Morgan fingerprint density at radius 1 is 1.05 bits per heavy atom. The van der Waals surface area contributed by atoms with Crippen LogP contribution in [0.2, 0.25) is 0 Å². The minimum atomic E-state index is -0.834. The van der Waals surface area contributed by atoms with Crippen molar-refractivity contribution in [1.29, 1.82) is 0 Å². The van der Waals surface area contributed by atoms with E-state index in [2.05, 4.69) is 40.3 Å². The zero-order valence-electron chi connectivity index (χ0n) is 26.1. The van der Waals surface area contributed by atoms with Gasteiger partial charge in [-0.05, 0) is 98.9 Å². The topological polar surface area (TPSA) is 46.2 Å². The standard InChI is InChI=1S/C35H45F2N3O3/c1-6-7-34(43-23(2)3)39-14-12-28(13-15-39)40(29-10-11-31(36)32(37)19-29)22-24-16-27(21-38-20-24)26-17-30(25-8-9-25)35(42-5)33(18-26)41-4/h7,10-11,16-20,23,25,28,38H,6,8-9,12-15,21-22H2,1-5H3. The number of rotatable bonds is 12. The molecule has 1 N–H and O–H groups in total. The number of allylic oxidation sites excluding steroid dienone is 1. The number of hydrogen-bond donors (Lipinski definition) is 1. The lowest BCUT2D eigenvalue weighted by Gasteiger charge is -2.41. The second kappa shape index (κ2) is 13.7. The Morgan fingerprint density at radius 2 is 1.81 bits per heavy atom. The zero-order valence-corrected chi connectivity index (χ0v) is 26.1. The Kier molecular flexibility index (Phi) is 9.83. The molecule has 0 radical (unpaired) electrons. The van der Waals surface area contributed by atoms with Gasteiger partial charge in [0.05, 0.1) is 20.3 Å². The largest absolute Gasteiger partial charge is 0.493 e. The Balaban J connectivity index is 1.40. The molecule has 0 spiro atoms. The van der Waals surface area contributed by atoms with E-state index in [4.69, 9.17) is 14.2 Å². The maximum Gasteiger partial charge on any atom is 0.185 e. The number of likely N-dealkylation sites (tertiary alicyclic amines) is 1. The Morgan fingerprint density at radius 3 is 2.44 bits per heavy atom. The zero-order chi connectivity index (χ0) is 30.5. The molecule has 1 saturated carbocycles. The molecule has 1 aliphatic carbocycles. The molecule has 3 aliphatic rings. The van der Waals surface area contributed by atoms with Crippen LogP contribution < -0.4 is 19.7 Å². The summed E-state index contributed by atoms with van der Waals surface area (Å²) in [5, 5.41) is 3.45. The molecule has 1 saturated heterocycles. The lowest BCUT2D eigenvalue weighted by Crippen LogP contribution is -2.46. The van der Waals surface area contributed by atoms with E-state index in [1.807, 2.05) is 26.1 Å². The molecular weight excluding hydrogens is 548 g/mol. The Bertz CT molecular complexity index is 1370. The van der Waals surface area contributed by atoms with Gasteiger partial charge in [-0.15, -0.1) is 0 Å². The molecule has 5 rings (SSSR count). The number of dihydropyridines is 1. The summed E-state index contributed by atoms with van der Waals surface area (Å²) in [4.78, 5) is 4.53. The summed E-state index contributed by atoms with van der Waals surface area (Å²) < 4.78 is 46.0. The molecule has 0 aromatic heterocycles. The molecule has 0 unspecified atom stereocenters. The van der Waals surface area contributed by atoms with Crippen molar-refractivity contribution in [2.45, 2.75) is 70.9 Å². The molecule has 8 heteroatoms. The molecule has 232 valence electrons. The van der Waals surface area contributed by atoms with Gasteiger partial charge in [-0.1, -0.05) is 13.0 Å². The summed E-state index contributed by atoms with van der Waals surface area (Å²) in [6.45, 7) is 9.12. The van der Waals surface area contributed by atoms with Gasteiger partial charge in [0.1, 0.15) is 0 Å². The van der Waals surface area contributed by atoms with Crippen molar-refractivity contribution in [2.24, 2.45) is 0 Å². The van der Waals surface area contributed by atoms with Gasteiger partial charge in [-0.25, -0.2) is 8.78 Å². The van der Waals surface area contributed by atoms with Crippen molar-refractivity contribution in [3.8, 4) is 11.5 Å². The predicted molar refractivity (Wildman–Crippen MR) is 168 cm³/mol. The van der Waals surface area contributed by atoms with E-state index in [-0.39, 0.29) is 12.1 Å². The van der Waals surface area contributed by atoms with Crippen molar-refractivity contribution < 1.29 is 23.0 Å². The monoisotopic (exact) mass is 593 g/mol. The van der Waals surface area contributed by atoms with E-state index >= 15 is 0 Å². The minimum absolute atomic E-state index is 0.104. The van der Waals surface area contributed by atoms with Crippen LogP contribution in [0.5, 0.6) is 11.5 Å². The highest BCUT2D eigenvalue weighted by molar-refractivity contribution is 5.74. The number of ether oxygens (including phenoxy) is 3. The van der Waals surface area contributed by atoms with Crippen LogP contribution in [0.4, 0.5) is 14.5 Å². The molecule has 2 aliphatic heterocycles. The van der Waals surface area contributed by atoms with Gasteiger partial charge in [0.25, 0.3) is 0 Å². The highest BCUT2D eigenvalue weighted by atomic mass is 19.2. The number of benzene rings is 2. The number of methoxy groups -OCH3 is 2. The molecule has 0 atom stereocenters.